The number of nitrogens with zero attached hydrogens (tertiary/aromatic N) is 3. The lowest BCUT2D eigenvalue weighted by Crippen LogP contribution is -2.34. The summed E-state index contributed by atoms with van der Waals surface area (Å²) in [5.41, 5.74) is 0.587. The highest BCUT2D eigenvalue weighted by Gasteiger charge is 2.17. The first-order chi connectivity index (χ1) is 8.77. The molecule has 2 amide bonds. The second-order valence-electron chi connectivity index (χ2n) is 3.84. The number of amides is 2. The van der Waals surface area contributed by atoms with Crippen LogP contribution in [0, 0.1) is 0 Å². The van der Waals surface area contributed by atoms with Crippen molar-refractivity contribution in [3.63, 3.8) is 0 Å². The average molecular weight is 243 g/mol. The van der Waals surface area contributed by atoms with E-state index in [9.17, 15) is 9.59 Å². The zero-order valence-corrected chi connectivity index (χ0v) is 9.82. The normalized spacial score (nSPS) is 16.0. The Bertz CT molecular complexity index is 494. The SMILES string of the molecule is O=C1C=CCCCN1C(=O)/C=C/c1cnccn1. The van der Waals surface area contributed by atoms with Crippen molar-refractivity contribution in [2.75, 3.05) is 6.54 Å². The summed E-state index contributed by atoms with van der Waals surface area (Å²) in [6, 6.07) is 0. The molecule has 1 aliphatic rings. The predicted molar refractivity (Wildman–Crippen MR) is 66.2 cm³/mol. The first-order valence-corrected chi connectivity index (χ1v) is 5.73. The molecule has 0 N–H and O–H groups in total. The number of carbonyl (C=O) groups excluding carboxylic acids is 2. The fraction of sp³-hybridized carbons (Fsp3) is 0.231. The van der Waals surface area contributed by atoms with Gasteiger partial charge in [-0.15, -0.1) is 0 Å². The minimum absolute atomic E-state index is 0.263. The summed E-state index contributed by atoms with van der Waals surface area (Å²) >= 11 is 0. The van der Waals surface area contributed by atoms with Gasteiger partial charge in [0.25, 0.3) is 11.8 Å². The van der Waals surface area contributed by atoms with Gasteiger partial charge in [-0.2, -0.15) is 0 Å². The van der Waals surface area contributed by atoms with Crippen LogP contribution in [0.4, 0.5) is 0 Å². The van der Waals surface area contributed by atoms with E-state index in [2.05, 4.69) is 9.97 Å². The molecule has 0 unspecified atom stereocenters. The summed E-state index contributed by atoms with van der Waals surface area (Å²) in [5.74, 6) is -0.585. The zero-order chi connectivity index (χ0) is 12.8. The van der Waals surface area contributed by atoms with Gasteiger partial charge in [0.2, 0.25) is 0 Å². The first kappa shape index (κ1) is 12.2. The van der Waals surface area contributed by atoms with E-state index < -0.39 is 0 Å². The van der Waals surface area contributed by atoms with Gasteiger partial charge in [-0.25, -0.2) is 0 Å². The molecule has 1 aromatic heterocycles. The molecule has 0 aliphatic carbocycles. The highest BCUT2D eigenvalue weighted by atomic mass is 16.2. The van der Waals surface area contributed by atoms with Crippen LogP contribution >= 0.6 is 0 Å². The lowest BCUT2D eigenvalue weighted by Gasteiger charge is -2.15. The summed E-state index contributed by atoms with van der Waals surface area (Å²) in [5, 5.41) is 0. The quantitative estimate of drug-likeness (QED) is 0.732. The van der Waals surface area contributed by atoms with Crippen molar-refractivity contribution in [3.8, 4) is 0 Å². The Morgan fingerprint density at radius 3 is 3.06 bits per heavy atom. The molecular weight excluding hydrogens is 230 g/mol. The summed E-state index contributed by atoms with van der Waals surface area (Å²) in [6.45, 7) is 0.454. The van der Waals surface area contributed by atoms with E-state index in [0.717, 1.165) is 12.8 Å². The highest BCUT2D eigenvalue weighted by Crippen LogP contribution is 2.06. The van der Waals surface area contributed by atoms with Gasteiger partial charge in [0.05, 0.1) is 11.9 Å². The molecule has 0 bridgehead atoms. The summed E-state index contributed by atoms with van der Waals surface area (Å²) in [6.07, 6.45) is 12.4. The van der Waals surface area contributed by atoms with E-state index in [0.29, 0.717) is 12.2 Å². The van der Waals surface area contributed by atoms with Crippen LogP contribution in [-0.2, 0) is 9.59 Å². The van der Waals surface area contributed by atoms with Crippen LogP contribution in [-0.4, -0.2) is 33.2 Å². The maximum Gasteiger partial charge on any atom is 0.253 e. The van der Waals surface area contributed by atoms with Gasteiger partial charge in [-0.1, -0.05) is 6.08 Å². The summed E-state index contributed by atoms with van der Waals surface area (Å²) < 4.78 is 0. The predicted octanol–water partition coefficient (Wildman–Crippen LogP) is 1.19. The first-order valence-electron chi connectivity index (χ1n) is 5.73. The fourth-order valence-electron chi connectivity index (χ4n) is 1.61. The molecule has 0 atom stereocenters. The monoisotopic (exact) mass is 243 g/mol. The average Bonchev–Trinajstić information content (AvgIpc) is 2.62. The van der Waals surface area contributed by atoms with Gasteiger partial charge in [0, 0.05) is 25.0 Å². The molecular formula is C13H13N3O2. The smallest absolute Gasteiger partial charge is 0.253 e. The van der Waals surface area contributed by atoms with Crippen molar-refractivity contribution in [2.24, 2.45) is 0 Å². The van der Waals surface area contributed by atoms with Gasteiger partial charge < -0.3 is 0 Å². The number of hydrogen-bond donors (Lipinski definition) is 0. The second kappa shape index (κ2) is 5.86. The van der Waals surface area contributed by atoms with Crippen LogP contribution in [0.25, 0.3) is 6.08 Å². The van der Waals surface area contributed by atoms with E-state index in [1.165, 1.54) is 17.1 Å². The molecule has 0 fully saturated rings. The summed E-state index contributed by atoms with van der Waals surface area (Å²) in [7, 11) is 0. The van der Waals surface area contributed by atoms with Crippen molar-refractivity contribution < 1.29 is 9.59 Å². The van der Waals surface area contributed by atoms with Crippen molar-refractivity contribution in [3.05, 3.63) is 42.5 Å². The molecule has 2 heterocycles. The van der Waals surface area contributed by atoms with Gasteiger partial charge in [0.1, 0.15) is 0 Å². The van der Waals surface area contributed by atoms with E-state index in [1.54, 1.807) is 30.7 Å². The van der Waals surface area contributed by atoms with Crippen LogP contribution < -0.4 is 0 Å². The zero-order valence-electron chi connectivity index (χ0n) is 9.82. The molecule has 0 spiro atoms. The maximum atomic E-state index is 11.9. The highest BCUT2D eigenvalue weighted by molar-refractivity contribution is 6.06. The van der Waals surface area contributed by atoms with Crippen molar-refractivity contribution in [2.45, 2.75) is 12.8 Å². The van der Waals surface area contributed by atoms with Gasteiger partial charge in [-0.05, 0) is 25.0 Å². The third kappa shape index (κ3) is 3.10. The number of hydrogen-bond acceptors (Lipinski definition) is 4. The number of allylic oxidation sites excluding steroid dienone is 1. The number of carbonyl (C=O) groups is 2. The topological polar surface area (TPSA) is 63.2 Å². The standard InChI is InChI=1S/C13H13N3O2/c17-12-4-2-1-3-9-16(12)13(18)6-5-11-10-14-7-8-15-11/h2,4-8,10H,1,3,9H2/b6-5+. The molecule has 0 saturated carbocycles. The Balaban J connectivity index is 2.05. The second-order valence-corrected chi connectivity index (χ2v) is 3.84. The molecule has 2 rings (SSSR count). The van der Waals surface area contributed by atoms with Crippen LogP contribution in [0.3, 0.4) is 0 Å². The Morgan fingerprint density at radius 2 is 2.28 bits per heavy atom. The molecule has 18 heavy (non-hydrogen) atoms. The largest absolute Gasteiger partial charge is 0.275 e. The Hall–Kier alpha value is -2.30. The van der Waals surface area contributed by atoms with Crippen molar-refractivity contribution in [1.82, 2.24) is 14.9 Å². The Labute approximate surface area is 105 Å². The molecule has 0 saturated heterocycles. The van der Waals surface area contributed by atoms with Crippen LogP contribution in [0.2, 0.25) is 0 Å². The fourth-order valence-corrected chi connectivity index (χ4v) is 1.61. The molecule has 1 aromatic rings. The number of rotatable bonds is 2. The number of aromatic nitrogens is 2. The number of imide groups is 1. The van der Waals surface area contributed by atoms with Gasteiger partial charge in [-0.3, -0.25) is 24.5 Å². The minimum Gasteiger partial charge on any atom is -0.275 e. The third-order valence-corrected chi connectivity index (χ3v) is 2.52. The van der Waals surface area contributed by atoms with Crippen LogP contribution in [0.15, 0.2) is 36.8 Å². The van der Waals surface area contributed by atoms with E-state index in [1.807, 2.05) is 0 Å². The molecule has 92 valence electrons. The van der Waals surface area contributed by atoms with Crippen LogP contribution in [0.1, 0.15) is 18.5 Å². The molecule has 1 aliphatic heterocycles. The lowest BCUT2D eigenvalue weighted by molar-refractivity contribution is -0.138. The van der Waals surface area contributed by atoms with Crippen LogP contribution in [0.5, 0.6) is 0 Å². The third-order valence-electron chi connectivity index (χ3n) is 2.52. The van der Waals surface area contributed by atoms with E-state index in [-0.39, 0.29) is 11.8 Å². The Kier molecular flexibility index (Phi) is 3.96. The van der Waals surface area contributed by atoms with Crippen molar-refractivity contribution >= 4 is 17.9 Å². The lowest BCUT2D eigenvalue weighted by atomic mass is 10.3. The maximum absolute atomic E-state index is 11.9. The van der Waals surface area contributed by atoms with Gasteiger partial charge in [0.15, 0.2) is 0 Å². The van der Waals surface area contributed by atoms with Gasteiger partial charge >= 0.3 is 0 Å². The Morgan fingerprint density at radius 1 is 1.39 bits per heavy atom. The van der Waals surface area contributed by atoms with Crippen molar-refractivity contribution in [1.29, 1.82) is 0 Å². The van der Waals surface area contributed by atoms with E-state index >= 15 is 0 Å². The molecule has 5 nitrogen and oxygen atoms in total. The summed E-state index contributed by atoms with van der Waals surface area (Å²) in [4.78, 5) is 32.6. The van der Waals surface area contributed by atoms with E-state index in [4.69, 9.17) is 0 Å². The minimum atomic E-state index is -0.322. The molecule has 0 aromatic carbocycles. The molecule has 0 radical (unpaired) electrons. The molecule has 5 heteroatoms.